The Hall–Kier alpha value is -2.61. The van der Waals surface area contributed by atoms with Crippen molar-refractivity contribution in [3.63, 3.8) is 0 Å². The predicted molar refractivity (Wildman–Crippen MR) is 87.2 cm³/mol. The molecule has 0 saturated heterocycles. The summed E-state index contributed by atoms with van der Waals surface area (Å²) in [5.74, 6) is 1.03. The van der Waals surface area contributed by atoms with Gasteiger partial charge in [-0.1, -0.05) is 0 Å². The molecule has 3 aromatic heterocycles. The van der Waals surface area contributed by atoms with Crippen LogP contribution < -0.4 is 10.1 Å². The highest BCUT2D eigenvalue weighted by Gasteiger charge is 2.12. The smallest absolute Gasteiger partial charge is 0.232 e. The molecule has 8 heteroatoms. The van der Waals surface area contributed by atoms with Gasteiger partial charge in [-0.05, 0) is 19.9 Å². The van der Waals surface area contributed by atoms with Gasteiger partial charge in [0.1, 0.15) is 5.65 Å². The number of nitrogens with zero attached hydrogens (tertiary/aromatic N) is 4. The monoisotopic (exact) mass is 316 g/mol. The van der Waals surface area contributed by atoms with Gasteiger partial charge in [-0.3, -0.25) is 4.68 Å². The van der Waals surface area contributed by atoms with Crippen molar-refractivity contribution in [1.29, 1.82) is 0 Å². The summed E-state index contributed by atoms with van der Waals surface area (Å²) in [5.41, 5.74) is 2.46. The summed E-state index contributed by atoms with van der Waals surface area (Å²) >= 11 is 0. The van der Waals surface area contributed by atoms with E-state index in [0.717, 1.165) is 22.4 Å². The molecular formula is C15H20N6O2. The van der Waals surface area contributed by atoms with E-state index in [9.17, 15) is 0 Å². The van der Waals surface area contributed by atoms with E-state index in [-0.39, 0.29) is 0 Å². The Morgan fingerprint density at radius 2 is 2.22 bits per heavy atom. The molecule has 0 unspecified atom stereocenters. The third-order valence-corrected chi connectivity index (χ3v) is 3.38. The largest absolute Gasteiger partial charge is 0.477 e. The molecule has 0 fully saturated rings. The fourth-order valence-corrected chi connectivity index (χ4v) is 2.28. The van der Waals surface area contributed by atoms with Crippen LogP contribution in [-0.2, 0) is 11.3 Å². The SMILES string of the molecule is CCOc1nc(Nc2cn(CCOC)nc2C)nc2[nH]ccc12. The molecule has 0 saturated carbocycles. The van der Waals surface area contributed by atoms with E-state index < -0.39 is 0 Å². The first-order valence-electron chi connectivity index (χ1n) is 7.49. The average Bonchev–Trinajstić information content (AvgIpc) is 3.13. The molecule has 8 nitrogen and oxygen atoms in total. The Balaban J connectivity index is 1.87. The van der Waals surface area contributed by atoms with Crippen LogP contribution in [0.25, 0.3) is 11.0 Å². The van der Waals surface area contributed by atoms with Crippen LogP contribution >= 0.6 is 0 Å². The Morgan fingerprint density at radius 3 is 3.00 bits per heavy atom. The second-order valence-electron chi connectivity index (χ2n) is 5.03. The van der Waals surface area contributed by atoms with Crippen LogP contribution in [0.2, 0.25) is 0 Å². The lowest BCUT2D eigenvalue weighted by molar-refractivity contribution is 0.183. The van der Waals surface area contributed by atoms with Gasteiger partial charge in [0.15, 0.2) is 0 Å². The first-order chi connectivity index (χ1) is 11.2. The van der Waals surface area contributed by atoms with Gasteiger partial charge in [-0.25, -0.2) is 0 Å². The van der Waals surface area contributed by atoms with Crippen LogP contribution in [-0.4, -0.2) is 45.1 Å². The molecule has 0 aliphatic rings. The maximum atomic E-state index is 5.60. The Kier molecular flexibility index (Phi) is 4.42. The minimum absolute atomic E-state index is 0.470. The average molecular weight is 316 g/mol. The second kappa shape index (κ2) is 6.66. The molecule has 0 bridgehead atoms. The lowest BCUT2D eigenvalue weighted by atomic mass is 10.4. The minimum atomic E-state index is 0.470. The predicted octanol–water partition coefficient (Wildman–Crippen LogP) is 2.25. The number of anilines is 2. The molecule has 0 atom stereocenters. The van der Waals surface area contributed by atoms with Crippen LogP contribution in [0.1, 0.15) is 12.6 Å². The van der Waals surface area contributed by atoms with Gasteiger partial charge in [0.25, 0.3) is 0 Å². The number of aromatic nitrogens is 5. The number of H-pyrrole nitrogens is 1. The van der Waals surface area contributed by atoms with Gasteiger partial charge in [-0.15, -0.1) is 0 Å². The van der Waals surface area contributed by atoms with Crippen LogP contribution in [0.5, 0.6) is 5.88 Å². The molecule has 0 aliphatic carbocycles. The summed E-state index contributed by atoms with van der Waals surface area (Å²) in [6, 6.07) is 1.90. The third-order valence-electron chi connectivity index (χ3n) is 3.38. The van der Waals surface area contributed by atoms with Gasteiger partial charge in [0, 0.05) is 19.5 Å². The zero-order valence-corrected chi connectivity index (χ0v) is 13.5. The Labute approximate surface area is 133 Å². The van der Waals surface area contributed by atoms with Gasteiger partial charge < -0.3 is 19.8 Å². The summed E-state index contributed by atoms with van der Waals surface area (Å²) < 4.78 is 12.5. The zero-order chi connectivity index (χ0) is 16.2. The molecule has 3 rings (SSSR count). The summed E-state index contributed by atoms with van der Waals surface area (Å²) in [5, 5.41) is 8.50. The van der Waals surface area contributed by atoms with Crippen LogP contribution in [0.3, 0.4) is 0 Å². The van der Waals surface area contributed by atoms with Crippen molar-refractivity contribution in [2.45, 2.75) is 20.4 Å². The molecule has 0 aromatic carbocycles. The third kappa shape index (κ3) is 3.26. The summed E-state index contributed by atoms with van der Waals surface area (Å²) in [6.07, 6.45) is 3.73. The first-order valence-corrected chi connectivity index (χ1v) is 7.49. The lowest BCUT2D eigenvalue weighted by Crippen LogP contribution is -2.04. The van der Waals surface area contributed by atoms with Crippen molar-refractivity contribution in [1.82, 2.24) is 24.7 Å². The molecule has 0 spiro atoms. The van der Waals surface area contributed by atoms with Gasteiger partial charge >= 0.3 is 0 Å². The molecule has 3 heterocycles. The number of aryl methyl sites for hydroxylation is 1. The number of nitrogens with one attached hydrogen (secondary N) is 2. The highest BCUT2D eigenvalue weighted by molar-refractivity contribution is 5.82. The first kappa shape index (κ1) is 15.3. The van der Waals surface area contributed by atoms with E-state index in [1.807, 2.05) is 37.0 Å². The van der Waals surface area contributed by atoms with E-state index in [2.05, 4.69) is 25.4 Å². The van der Waals surface area contributed by atoms with Crippen molar-refractivity contribution in [3.8, 4) is 5.88 Å². The van der Waals surface area contributed by atoms with Crippen molar-refractivity contribution in [2.75, 3.05) is 25.6 Å². The fraction of sp³-hybridized carbons (Fsp3) is 0.400. The summed E-state index contributed by atoms with van der Waals surface area (Å²) in [7, 11) is 1.67. The van der Waals surface area contributed by atoms with Crippen molar-refractivity contribution in [2.24, 2.45) is 0 Å². The van der Waals surface area contributed by atoms with Crippen LogP contribution in [0.15, 0.2) is 18.5 Å². The number of hydrogen-bond acceptors (Lipinski definition) is 6. The molecule has 3 aromatic rings. The molecule has 0 aliphatic heterocycles. The minimum Gasteiger partial charge on any atom is -0.477 e. The quantitative estimate of drug-likeness (QED) is 0.695. The van der Waals surface area contributed by atoms with Crippen molar-refractivity contribution >= 4 is 22.7 Å². The molecule has 2 N–H and O–H groups in total. The highest BCUT2D eigenvalue weighted by atomic mass is 16.5. The number of hydrogen-bond donors (Lipinski definition) is 2. The molecule has 0 amide bonds. The number of ether oxygens (including phenoxy) is 2. The Morgan fingerprint density at radius 1 is 1.35 bits per heavy atom. The number of methoxy groups -OCH3 is 1. The Bertz CT molecular complexity index is 794. The van der Waals surface area contributed by atoms with Gasteiger partial charge in [0.05, 0.1) is 36.5 Å². The summed E-state index contributed by atoms with van der Waals surface area (Å²) in [6.45, 7) is 5.71. The number of aromatic amines is 1. The molecular weight excluding hydrogens is 296 g/mol. The number of fused-ring (bicyclic) bond motifs is 1. The van der Waals surface area contributed by atoms with Crippen molar-refractivity contribution < 1.29 is 9.47 Å². The topological polar surface area (TPSA) is 89.9 Å². The van der Waals surface area contributed by atoms with Gasteiger partial charge in [-0.2, -0.15) is 15.1 Å². The number of rotatable bonds is 7. The van der Waals surface area contributed by atoms with E-state index in [4.69, 9.17) is 9.47 Å². The van der Waals surface area contributed by atoms with Crippen LogP contribution in [0.4, 0.5) is 11.6 Å². The van der Waals surface area contributed by atoms with E-state index >= 15 is 0 Å². The van der Waals surface area contributed by atoms with E-state index in [1.165, 1.54) is 0 Å². The maximum absolute atomic E-state index is 5.60. The lowest BCUT2D eigenvalue weighted by Gasteiger charge is -2.07. The highest BCUT2D eigenvalue weighted by Crippen LogP contribution is 2.25. The zero-order valence-electron chi connectivity index (χ0n) is 13.5. The standard InChI is InChI=1S/C15H20N6O2/c1-4-23-14-11-5-6-16-13(11)18-15(19-14)17-12-9-21(7-8-22-3)20-10(12)2/h5-6,9H,4,7-8H2,1-3H3,(H2,16,17,18,19). The summed E-state index contributed by atoms with van der Waals surface area (Å²) in [4.78, 5) is 12.0. The molecule has 122 valence electrons. The normalized spacial score (nSPS) is 11.1. The fourth-order valence-electron chi connectivity index (χ4n) is 2.28. The van der Waals surface area contributed by atoms with E-state index in [0.29, 0.717) is 31.6 Å². The van der Waals surface area contributed by atoms with Crippen molar-refractivity contribution in [3.05, 3.63) is 24.2 Å². The van der Waals surface area contributed by atoms with Gasteiger partial charge in [0.2, 0.25) is 11.8 Å². The van der Waals surface area contributed by atoms with E-state index in [1.54, 1.807) is 7.11 Å². The molecule has 23 heavy (non-hydrogen) atoms. The second-order valence-corrected chi connectivity index (χ2v) is 5.03. The maximum Gasteiger partial charge on any atom is 0.232 e. The molecule has 0 radical (unpaired) electrons. The van der Waals surface area contributed by atoms with Crippen LogP contribution in [0, 0.1) is 6.92 Å².